The number of nitrogens with one attached hydrogen (secondary N) is 1. The predicted octanol–water partition coefficient (Wildman–Crippen LogP) is 2.75. The Kier molecular flexibility index (Phi) is 6.03. The van der Waals surface area contributed by atoms with Gasteiger partial charge in [-0.25, -0.2) is 22.4 Å². The van der Waals surface area contributed by atoms with Crippen molar-refractivity contribution >= 4 is 23.6 Å². The molecule has 0 aromatic heterocycles. The van der Waals surface area contributed by atoms with Crippen molar-refractivity contribution < 1.29 is 27.1 Å². The molecule has 0 saturated heterocycles. The molecule has 0 aliphatic heterocycles. The first-order chi connectivity index (χ1) is 9.77. The lowest BCUT2D eigenvalue weighted by Gasteiger charge is -2.09. The van der Waals surface area contributed by atoms with E-state index in [-0.39, 0.29) is 13.2 Å². The first kappa shape index (κ1) is 17.3. The standard InChI is InChI=1S/C12H12F4N2O2S/c1-5(2)21-18-3-4-20-12(19)6-7(13)9(15)11(17)10(16)8(6)14/h18H,1,3-4,17H2,2H3. The third-order valence-corrected chi connectivity index (χ3v) is 2.88. The average Bonchev–Trinajstić information content (AvgIpc) is 2.42. The highest BCUT2D eigenvalue weighted by molar-refractivity contribution is 8.01. The first-order valence-corrected chi connectivity index (χ1v) is 6.42. The van der Waals surface area contributed by atoms with Crippen LogP contribution in [0.2, 0.25) is 0 Å². The van der Waals surface area contributed by atoms with E-state index in [1.807, 2.05) is 0 Å². The molecule has 0 radical (unpaired) electrons. The van der Waals surface area contributed by atoms with Gasteiger partial charge in [0.15, 0.2) is 23.3 Å². The number of halogens is 4. The molecule has 0 unspecified atom stereocenters. The molecular formula is C12H12F4N2O2S. The highest BCUT2D eigenvalue weighted by atomic mass is 32.2. The predicted molar refractivity (Wildman–Crippen MR) is 71.4 cm³/mol. The fourth-order valence-electron chi connectivity index (χ4n) is 1.26. The zero-order chi connectivity index (χ0) is 16.2. The Bertz CT molecular complexity index is 552. The van der Waals surface area contributed by atoms with Crippen LogP contribution in [0.1, 0.15) is 17.3 Å². The summed E-state index contributed by atoms with van der Waals surface area (Å²) in [5, 5.41) is 0. The smallest absolute Gasteiger partial charge is 0.344 e. The van der Waals surface area contributed by atoms with Gasteiger partial charge in [0.2, 0.25) is 0 Å². The number of hydrogen-bond donors (Lipinski definition) is 2. The van der Waals surface area contributed by atoms with Gasteiger partial charge in [0.05, 0.1) is 0 Å². The summed E-state index contributed by atoms with van der Waals surface area (Å²) in [6.45, 7) is 5.20. The molecular weight excluding hydrogens is 312 g/mol. The number of anilines is 1. The quantitative estimate of drug-likeness (QED) is 0.210. The van der Waals surface area contributed by atoms with Crippen LogP contribution in [0, 0.1) is 23.3 Å². The third kappa shape index (κ3) is 4.11. The molecule has 0 spiro atoms. The molecule has 0 atom stereocenters. The van der Waals surface area contributed by atoms with Gasteiger partial charge in [0.1, 0.15) is 17.9 Å². The lowest BCUT2D eigenvalue weighted by Crippen LogP contribution is -2.19. The number of carbonyl (C=O) groups is 1. The highest BCUT2D eigenvalue weighted by Crippen LogP contribution is 2.26. The van der Waals surface area contributed by atoms with Crippen LogP contribution in [0.4, 0.5) is 23.2 Å². The lowest BCUT2D eigenvalue weighted by molar-refractivity contribution is 0.0500. The molecule has 1 aromatic rings. The molecule has 0 saturated carbocycles. The van der Waals surface area contributed by atoms with Gasteiger partial charge in [0, 0.05) is 6.54 Å². The normalized spacial score (nSPS) is 10.5. The minimum atomic E-state index is -1.89. The van der Waals surface area contributed by atoms with E-state index in [2.05, 4.69) is 16.0 Å². The number of hydrogen-bond acceptors (Lipinski definition) is 5. The van der Waals surface area contributed by atoms with Crippen LogP contribution in [0.3, 0.4) is 0 Å². The van der Waals surface area contributed by atoms with E-state index < -0.39 is 40.5 Å². The number of ether oxygens (including phenoxy) is 1. The first-order valence-electron chi connectivity index (χ1n) is 5.61. The molecule has 3 N–H and O–H groups in total. The second kappa shape index (κ2) is 7.32. The van der Waals surface area contributed by atoms with Gasteiger partial charge in [-0.15, -0.1) is 0 Å². The lowest BCUT2D eigenvalue weighted by atomic mass is 10.1. The number of allylic oxidation sites excluding steroid dienone is 1. The van der Waals surface area contributed by atoms with Crippen LogP contribution in [-0.4, -0.2) is 19.1 Å². The molecule has 21 heavy (non-hydrogen) atoms. The molecule has 1 aromatic carbocycles. The number of nitrogens with two attached hydrogens (primary N) is 1. The average molecular weight is 324 g/mol. The molecule has 1 rings (SSSR count). The van der Waals surface area contributed by atoms with Crippen LogP contribution in [0.15, 0.2) is 11.5 Å². The fourth-order valence-corrected chi connectivity index (χ4v) is 1.69. The van der Waals surface area contributed by atoms with E-state index in [1.54, 1.807) is 6.92 Å². The number of carbonyl (C=O) groups excluding carboxylic acids is 1. The van der Waals surface area contributed by atoms with Gasteiger partial charge >= 0.3 is 5.97 Å². The minimum absolute atomic E-state index is 0.145. The zero-order valence-electron chi connectivity index (χ0n) is 10.9. The number of rotatable bonds is 6. The van der Waals surface area contributed by atoms with Gasteiger partial charge in [-0.05, 0) is 11.8 Å². The Morgan fingerprint density at radius 1 is 1.24 bits per heavy atom. The summed E-state index contributed by atoms with van der Waals surface area (Å²) in [5.41, 5.74) is 2.03. The molecule has 0 bridgehead atoms. The van der Waals surface area contributed by atoms with Crippen molar-refractivity contribution in [1.82, 2.24) is 4.72 Å². The summed E-state index contributed by atoms with van der Waals surface area (Å²) in [5.74, 6) is -8.97. The number of esters is 1. The Morgan fingerprint density at radius 2 is 1.76 bits per heavy atom. The monoisotopic (exact) mass is 324 g/mol. The van der Waals surface area contributed by atoms with E-state index in [0.717, 1.165) is 4.91 Å². The van der Waals surface area contributed by atoms with Crippen molar-refractivity contribution in [3.05, 3.63) is 40.3 Å². The van der Waals surface area contributed by atoms with Gasteiger partial charge < -0.3 is 10.5 Å². The van der Waals surface area contributed by atoms with Crippen molar-refractivity contribution in [3.8, 4) is 0 Å². The Labute approximate surface area is 122 Å². The summed E-state index contributed by atoms with van der Waals surface area (Å²) in [4.78, 5) is 12.2. The maximum Gasteiger partial charge on any atom is 0.344 e. The van der Waals surface area contributed by atoms with Crippen LogP contribution >= 0.6 is 11.9 Å². The molecule has 0 heterocycles. The Morgan fingerprint density at radius 3 is 2.24 bits per heavy atom. The number of benzene rings is 1. The summed E-state index contributed by atoms with van der Waals surface area (Å²) in [6, 6.07) is 0. The molecule has 116 valence electrons. The fraction of sp³-hybridized carbons (Fsp3) is 0.250. The van der Waals surface area contributed by atoms with Gasteiger partial charge in [-0.3, -0.25) is 4.72 Å². The molecule has 0 fully saturated rings. The maximum absolute atomic E-state index is 13.4. The number of nitrogen functional groups attached to an aromatic ring is 1. The molecule has 4 nitrogen and oxygen atoms in total. The summed E-state index contributed by atoms with van der Waals surface area (Å²) in [6.07, 6.45) is 0. The summed E-state index contributed by atoms with van der Waals surface area (Å²) < 4.78 is 60.5. The van der Waals surface area contributed by atoms with Crippen molar-refractivity contribution in [1.29, 1.82) is 0 Å². The van der Waals surface area contributed by atoms with E-state index in [0.29, 0.717) is 0 Å². The van der Waals surface area contributed by atoms with Crippen LogP contribution in [0.5, 0.6) is 0 Å². The van der Waals surface area contributed by atoms with E-state index in [4.69, 9.17) is 5.73 Å². The Balaban J connectivity index is 2.77. The highest BCUT2D eigenvalue weighted by Gasteiger charge is 2.29. The molecule has 0 amide bonds. The van der Waals surface area contributed by atoms with Crippen molar-refractivity contribution in [2.45, 2.75) is 6.92 Å². The zero-order valence-corrected chi connectivity index (χ0v) is 11.8. The summed E-state index contributed by atoms with van der Waals surface area (Å²) in [7, 11) is 0. The van der Waals surface area contributed by atoms with Crippen molar-refractivity contribution in [2.24, 2.45) is 0 Å². The maximum atomic E-state index is 13.4. The van der Waals surface area contributed by atoms with Crippen molar-refractivity contribution in [3.63, 3.8) is 0 Å². The van der Waals surface area contributed by atoms with Gasteiger partial charge in [-0.1, -0.05) is 18.5 Å². The molecule has 0 aliphatic carbocycles. The summed E-state index contributed by atoms with van der Waals surface area (Å²) >= 11 is 1.17. The SMILES string of the molecule is C=C(C)SNCCOC(=O)c1c(F)c(F)c(N)c(F)c1F. The largest absolute Gasteiger partial charge is 0.461 e. The van der Waals surface area contributed by atoms with Crippen LogP contribution < -0.4 is 10.5 Å². The van der Waals surface area contributed by atoms with E-state index >= 15 is 0 Å². The van der Waals surface area contributed by atoms with Gasteiger partial charge in [0.25, 0.3) is 0 Å². The van der Waals surface area contributed by atoms with E-state index in [9.17, 15) is 22.4 Å². The van der Waals surface area contributed by atoms with E-state index in [1.165, 1.54) is 11.9 Å². The van der Waals surface area contributed by atoms with Crippen LogP contribution in [0.25, 0.3) is 0 Å². The molecule has 0 aliphatic rings. The topological polar surface area (TPSA) is 64.3 Å². The van der Waals surface area contributed by atoms with Gasteiger partial charge in [-0.2, -0.15) is 0 Å². The second-order valence-corrected chi connectivity index (χ2v) is 5.07. The molecule has 9 heteroatoms. The third-order valence-electron chi connectivity index (χ3n) is 2.19. The van der Waals surface area contributed by atoms with Crippen molar-refractivity contribution in [2.75, 3.05) is 18.9 Å². The Hall–Kier alpha value is -1.74. The second-order valence-electron chi connectivity index (χ2n) is 3.88. The van der Waals surface area contributed by atoms with Crippen LogP contribution in [-0.2, 0) is 4.74 Å². The minimum Gasteiger partial charge on any atom is -0.461 e.